The number of ether oxygens (including phenoxy) is 2. The number of nitrogens with zero attached hydrogens (tertiary/aromatic N) is 1. The van der Waals surface area contributed by atoms with Gasteiger partial charge in [0.25, 0.3) is 0 Å². The van der Waals surface area contributed by atoms with Gasteiger partial charge in [-0.15, -0.1) is 0 Å². The fraction of sp³-hybridized carbons (Fsp3) is 0.500. The Labute approximate surface area is 199 Å². The molecule has 2 aliphatic rings. The van der Waals surface area contributed by atoms with E-state index >= 15 is 0 Å². The number of likely N-dealkylation sites (tertiary alicyclic amines) is 1. The predicted molar refractivity (Wildman–Crippen MR) is 128 cm³/mol. The summed E-state index contributed by atoms with van der Waals surface area (Å²) in [7, 11) is 3.29. The van der Waals surface area contributed by atoms with Crippen molar-refractivity contribution in [2.24, 2.45) is 0 Å². The quantitative estimate of drug-likeness (QED) is 0.615. The van der Waals surface area contributed by atoms with Gasteiger partial charge in [-0.05, 0) is 75.9 Å². The first kappa shape index (κ1) is 24.3. The fourth-order valence-electron chi connectivity index (χ4n) is 5.74. The molecule has 34 heavy (non-hydrogen) atoms. The molecule has 2 amide bonds. The molecule has 0 unspecified atom stereocenters. The number of carbonyl (C=O) groups excluding carboxylic acids is 1. The minimum atomic E-state index is -0.992. The van der Waals surface area contributed by atoms with E-state index in [1.165, 1.54) is 11.6 Å². The molecule has 4 rings (SSSR count). The highest BCUT2D eigenvalue weighted by Gasteiger charge is 2.52. The summed E-state index contributed by atoms with van der Waals surface area (Å²) >= 11 is 0. The lowest BCUT2D eigenvalue weighted by molar-refractivity contribution is 0.113. The highest BCUT2D eigenvalue weighted by molar-refractivity contribution is 5.89. The molecule has 0 radical (unpaired) electrons. The van der Waals surface area contributed by atoms with Crippen LogP contribution in [0.5, 0.6) is 11.5 Å². The van der Waals surface area contributed by atoms with Crippen LogP contribution in [-0.2, 0) is 5.41 Å². The summed E-state index contributed by atoms with van der Waals surface area (Å²) in [4.78, 5) is 15.1. The Bertz CT molecular complexity index is 1050. The standard InChI is InChI=1S/C26H33F2N3O3/c1-16(2)31-12-11-26(17-5-8-22(33-3)23(13-17)34-4)10-9-19(15-24(26)31)30-25(32)29-18-6-7-20(27)21(28)14-18/h5-8,13-14,16,19,24H,9-12,15H2,1-4H3,(H2,29,30,32)/t19-,24+,26-/m0/s1. The lowest BCUT2D eigenvalue weighted by Crippen LogP contribution is -2.54. The van der Waals surface area contributed by atoms with Crippen LogP contribution in [0.3, 0.4) is 0 Å². The fourth-order valence-corrected chi connectivity index (χ4v) is 5.74. The third kappa shape index (κ3) is 4.56. The van der Waals surface area contributed by atoms with Gasteiger partial charge in [0.05, 0.1) is 14.2 Å². The van der Waals surface area contributed by atoms with Gasteiger partial charge in [-0.1, -0.05) is 6.07 Å². The molecule has 1 aliphatic carbocycles. The highest BCUT2D eigenvalue weighted by atomic mass is 19.2. The number of methoxy groups -OCH3 is 2. The van der Waals surface area contributed by atoms with Crippen LogP contribution in [0, 0.1) is 11.6 Å². The third-order valence-electron chi connectivity index (χ3n) is 7.44. The van der Waals surface area contributed by atoms with Crippen molar-refractivity contribution in [3.05, 3.63) is 53.6 Å². The van der Waals surface area contributed by atoms with Gasteiger partial charge in [0.2, 0.25) is 0 Å². The van der Waals surface area contributed by atoms with E-state index in [9.17, 15) is 13.6 Å². The number of hydrogen-bond donors (Lipinski definition) is 2. The second-order valence-electron chi connectivity index (χ2n) is 9.52. The van der Waals surface area contributed by atoms with Crippen LogP contribution in [0.2, 0.25) is 0 Å². The van der Waals surface area contributed by atoms with Crippen molar-refractivity contribution in [1.29, 1.82) is 0 Å². The largest absolute Gasteiger partial charge is 0.493 e. The maximum absolute atomic E-state index is 13.5. The van der Waals surface area contributed by atoms with Gasteiger partial charge in [-0.3, -0.25) is 4.90 Å². The summed E-state index contributed by atoms with van der Waals surface area (Å²) in [6, 6.07) is 9.73. The Morgan fingerprint density at radius 3 is 2.50 bits per heavy atom. The van der Waals surface area contributed by atoms with Crippen LogP contribution < -0.4 is 20.1 Å². The molecule has 1 saturated heterocycles. The number of anilines is 1. The zero-order valence-electron chi connectivity index (χ0n) is 20.2. The third-order valence-corrected chi connectivity index (χ3v) is 7.44. The Balaban J connectivity index is 1.52. The Hall–Kier alpha value is -2.87. The van der Waals surface area contributed by atoms with Crippen molar-refractivity contribution < 1.29 is 23.0 Å². The number of fused-ring (bicyclic) bond motifs is 1. The van der Waals surface area contributed by atoms with E-state index in [0.717, 1.165) is 50.1 Å². The van der Waals surface area contributed by atoms with Crippen LogP contribution in [0.1, 0.15) is 45.1 Å². The molecule has 1 heterocycles. The van der Waals surface area contributed by atoms with Crippen molar-refractivity contribution in [3.63, 3.8) is 0 Å². The molecule has 0 bridgehead atoms. The predicted octanol–water partition coefficient (Wildman–Crippen LogP) is 5.08. The second kappa shape index (κ2) is 9.78. The number of carbonyl (C=O) groups is 1. The number of halogens is 2. The minimum Gasteiger partial charge on any atom is -0.493 e. The van der Waals surface area contributed by atoms with E-state index in [1.54, 1.807) is 14.2 Å². The van der Waals surface area contributed by atoms with Crippen molar-refractivity contribution in [2.75, 3.05) is 26.1 Å². The van der Waals surface area contributed by atoms with Crippen LogP contribution in [-0.4, -0.2) is 49.8 Å². The van der Waals surface area contributed by atoms with Gasteiger partial charge >= 0.3 is 6.03 Å². The molecule has 2 fully saturated rings. The van der Waals surface area contributed by atoms with Gasteiger partial charge in [0.1, 0.15) is 0 Å². The van der Waals surface area contributed by atoms with Gasteiger partial charge in [-0.2, -0.15) is 0 Å². The number of amides is 2. The Kier molecular flexibility index (Phi) is 6.98. The molecule has 2 aromatic carbocycles. The highest BCUT2D eigenvalue weighted by Crippen LogP contribution is 2.50. The molecule has 0 spiro atoms. The molecule has 2 N–H and O–H groups in total. The number of benzene rings is 2. The Morgan fingerprint density at radius 1 is 1.06 bits per heavy atom. The lowest BCUT2D eigenvalue weighted by atomic mass is 9.65. The minimum absolute atomic E-state index is 0.0251. The lowest BCUT2D eigenvalue weighted by Gasteiger charge is -2.46. The van der Waals surface area contributed by atoms with Crippen molar-refractivity contribution in [1.82, 2.24) is 10.2 Å². The summed E-state index contributed by atoms with van der Waals surface area (Å²) < 4.78 is 37.7. The molecule has 0 aromatic heterocycles. The molecule has 8 heteroatoms. The van der Waals surface area contributed by atoms with Crippen LogP contribution in [0.4, 0.5) is 19.3 Å². The van der Waals surface area contributed by atoms with Gasteiger partial charge in [0, 0.05) is 35.3 Å². The average molecular weight is 474 g/mol. The van der Waals surface area contributed by atoms with Crippen molar-refractivity contribution in [3.8, 4) is 11.5 Å². The van der Waals surface area contributed by atoms with Crippen molar-refractivity contribution >= 4 is 11.7 Å². The molecule has 1 saturated carbocycles. The molecule has 1 aliphatic heterocycles. The van der Waals surface area contributed by atoms with Gasteiger partial charge in [0.15, 0.2) is 23.1 Å². The maximum Gasteiger partial charge on any atom is 0.319 e. The summed E-state index contributed by atoms with van der Waals surface area (Å²) in [5.41, 5.74) is 1.43. The summed E-state index contributed by atoms with van der Waals surface area (Å²) in [6.07, 6.45) is 3.59. The van der Waals surface area contributed by atoms with Crippen LogP contribution in [0.25, 0.3) is 0 Å². The molecule has 6 nitrogen and oxygen atoms in total. The van der Waals surface area contributed by atoms with E-state index in [2.05, 4.69) is 41.5 Å². The molecular formula is C26H33F2N3O3. The topological polar surface area (TPSA) is 62.8 Å². The first-order valence-corrected chi connectivity index (χ1v) is 11.8. The van der Waals surface area contributed by atoms with E-state index < -0.39 is 17.7 Å². The Morgan fingerprint density at radius 2 is 1.82 bits per heavy atom. The number of hydrogen-bond acceptors (Lipinski definition) is 4. The zero-order valence-corrected chi connectivity index (χ0v) is 20.2. The average Bonchev–Trinajstić information content (AvgIpc) is 3.21. The monoisotopic (exact) mass is 473 g/mol. The van der Waals surface area contributed by atoms with E-state index in [0.29, 0.717) is 11.8 Å². The van der Waals surface area contributed by atoms with E-state index in [4.69, 9.17) is 9.47 Å². The van der Waals surface area contributed by atoms with Crippen molar-refractivity contribution in [2.45, 2.75) is 63.1 Å². The SMILES string of the molecule is COc1ccc([C@@]23CC[C@H](NC(=O)Nc4ccc(F)c(F)c4)C[C@H]2N(C(C)C)CC3)cc1OC. The summed E-state index contributed by atoms with van der Waals surface area (Å²) in [6.45, 7) is 5.40. The van der Waals surface area contributed by atoms with E-state index in [1.807, 2.05) is 6.07 Å². The number of urea groups is 1. The van der Waals surface area contributed by atoms with Gasteiger partial charge in [-0.25, -0.2) is 13.6 Å². The van der Waals surface area contributed by atoms with Gasteiger partial charge < -0.3 is 20.1 Å². The molecule has 3 atom stereocenters. The van der Waals surface area contributed by atoms with Crippen LogP contribution in [0.15, 0.2) is 36.4 Å². The summed E-state index contributed by atoms with van der Waals surface area (Å²) in [5, 5.41) is 5.66. The molecule has 2 aromatic rings. The first-order chi connectivity index (χ1) is 16.3. The summed E-state index contributed by atoms with van der Waals surface area (Å²) in [5.74, 6) is -0.502. The molecular weight excluding hydrogens is 440 g/mol. The maximum atomic E-state index is 13.5. The smallest absolute Gasteiger partial charge is 0.319 e. The number of rotatable bonds is 6. The second-order valence-corrected chi connectivity index (χ2v) is 9.52. The first-order valence-electron chi connectivity index (χ1n) is 11.8. The molecule has 184 valence electrons. The van der Waals surface area contributed by atoms with Crippen LogP contribution >= 0.6 is 0 Å². The normalized spacial score (nSPS) is 24.6. The zero-order chi connectivity index (χ0) is 24.5. The van der Waals surface area contributed by atoms with E-state index in [-0.39, 0.29) is 23.2 Å². The number of nitrogens with one attached hydrogen (secondary N) is 2.